The molecule has 3 heterocycles. The van der Waals surface area contributed by atoms with Gasteiger partial charge >= 0.3 is 5.97 Å². The lowest BCUT2D eigenvalue weighted by Crippen LogP contribution is -2.40. The molecular formula is C26H27N3O5S. The summed E-state index contributed by atoms with van der Waals surface area (Å²) in [7, 11) is 1.55. The van der Waals surface area contributed by atoms with E-state index in [2.05, 4.69) is 9.98 Å². The third kappa shape index (κ3) is 4.90. The highest BCUT2D eigenvalue weighted by Gasteiger charge is 2.34. The van der Waals surface area contributed by atoms with Crippen molar-refractivity contribution in [3.8, 4) is 11.5 Å². The molecule has 0 aliphatic carbocycles. The largest absolute Gasteiger partial charge is 0.493 e. The third-order valence-corrected chi connectivity index (χ3v) is 6.35. The van der Waals surface area contributed by atoms with Crippen molar-refractivity contribution < 1.29 is 19.0 Å². The molecule has 182 valence electrons. The van der Waals surface area contributed by atoms with Crippen LogP contribution < -0.4 is 24.4 Å². The van der Waals surface area contributed by atoms with Crippen molar-refractivity contribution in [1.29, 1.82) is 0 Å². The van der Waals surface area contributed by atoms with E-state index >= 15 is 0 Å². The lowest BCUT2D eigenvalue weighted by molar-refractivity contribution is -0.139. The number of rotatable bonds is 7. The monoisotopic (exact) mass is 493 g/mol. The molecule has 2 aromatic heterocycles. The van der Waals surface area contributed by atoms with Crippen molar-refractivity contribution >= 4 is 23.4 Å². The van der Waals surface area contributed by atoms with Gasteiger partial charge in [0.15, 0.2) is 16.3 Å². The number of benzene rings is 1. The molecule has 0 spiro atoms. The summed E-state index contributed by atoms with van der Waals surface area (Å²) in [5, 5.41) is 0. The average Bonchev–Trinajstić information content (AvgIpc) is 3.13. The van der Waals surface area contributed by atoms with Crippen molar-refractivity contribution in [3.63, 3.8) is 0 Å². The quantitative estimate of drug-likeness (QED) is 0.470. The summed E-state index contributed by atoms with van der Waals surface area (Å²) < 4.78 is 18.8. The Morgan fingerprint density at radius 2 is 2.06 bits per heavy atom. The number of allylic oxidation sites excluding steroid dienone is 1. The Bertz CT molecular complexity index is 1450. The Morgan fingerprint density at radius 3 is 2.71 bits per heavy atom. The zero-order valence-electron chi connectivity index (χ0n) is 20.3. The number of thiazole rings is 1. The summed E-state index contributed by atoms with van der Waals surface area (Å²) in [6, 6.07) is 8.36. The average molecular weight is 494 g/mol. The number of hydrogen-bond acceptors (Lipinski definition) is 8. The van der Waals surface area contributed by atoms with Gasteiger partial charge in [-0.3, -0.25) is 14.3 Å². The van der Waals surface area contributed by atoms with E-state index in [1.54, 1.807) is 56.1 Å². The van der Waals surface area contributed by atoms with Gasteiger partial charge < -0.3 is 14.2 Å². The van der Waals surface area contributed by atoms with Crippen LogP contribution in [0.25, 0.3) is 6.08 Å². The van der Waals surface area contributed by atoms with Gasteiger partial charge in [-0.05, 0) is 63.1 Å². The van der Waals surface area contributed by atoms with Crippen LogP contribution in [0.3, 0.4) is 0 Å². The second-order valence-electron chi connectivity index (χ2n) is 8.17. The van der Waals surface area contributed by atoms with Gasteiger partial charge in [0.2, 0.25) is 0 Å². The number of pyridine rings is 1. The van der Waals surface area contributed by atoms with Crippen molar-refractivity contribution in [2.24, 2.45) is 4.99 Å². The second-order valence-corrected chi connectivity index (χ2v) is 9.17. The van der Waals surface area contributed by atoms with E-state index in [1.165, 1.54) is 11.3 Å². The van der Waals surface area contributed by atoms with Crippen molar-refractivity contribution in [1.82, 2.24) is 9.55 Å². The Hall–Kier alpha value is -3.72. The van der Waals surface area contributed by atoms with Crippen molar-refractivity contribution in [2.45, 2.75) is 39.8 Å². The van der Waals surface area contributed by atoms with Crippen LogP contribution in [0.5, 0.6) is 11.5 Å². The number of nitrogens with zero attached hydrogens (tertiary/aromatic N) is 3. The zero-order valence-corrected chi connectivity index (χ0v) is 21.1. The van der Waals surface area contributed by atoms with Gasteiger partial charge in [0.05, 0.1) is 41.7 Å². The number of methoxy groups -OCH3 is 1. The van der Waals surface area contributed by atoms with E-state index in [4.69, 9.17) is 14.2 Å². The molecule has 0 saturated heterocycles. The molecular weight excluding hydrogens is 466 g/mol. The molecule has 0 radical (unpaired) electrons. The van der Waals surface area contributed by atoms with E-state index in [0.29, 0.717) is 37.7 Å². The van der Waals surface area contributed by atoms with Crippen LogP contribution in [-0.4, -0.2) is 35.3 Å². The third-order valence-electron chi connectivity index (χ3n) is 5.37. The predicted octanol–water partition coefficient (Wildman–Crippen LogP) is 2.99. The summed E-state index contributed by atoms with van der Waals surface area (Å²) in [6.45, 7) is 7.56. The first-order chi connectivity index (χ1) is 16.8. The number of ether oxygens (including phenoxy) is 3. The minimum atomic E-state index is -0.733. The van der Waals surface area contributed by atoms with Crippen LogP contribution in [0.15, 0.2) is 63.8 Å². The number of aromatic nitrogens is 2. The molecule has 1 unspecified atom stereocenters. The molecule has 3 aromatic rings. The first-order valence-corrected chi connectivity index (χ1v) is 12.1. The first-order valence-electron chi connectivity index (χ1n) is 11.3. The number of esters is 1. The summed E-state index contributed by atoms with van der Waals surface area (Å²) in [4.78, 5) is 35.9. The highest BCUT2D eigenvalue weighted by Crippen LogP contribution is 2.36. The van der Waals surface area contributed by atoms with E-state index in [1.807, 2.05) is 32.0 Å². The van der Waals surface area contributed by atoms with Gasteiger partial charge in [0.25, 0.3) is 5.56 Å². The Kier molecular flexibility index (Phi) is 7.16. The zero-order chi connectivity index (χ0) is 25.1. The van der Waals surface area contributed by atoms with Gasteiger partial charge in [-0.2, -0.15) is 0 Å². The van der Waals surface area contributed by atoms with E-state index in [0.717, 1.165) is 5.56 Å². The maximum Gasteiger partial charge on any atom is 0.338 e. The van der Waals surface area contributed by atoms with Gasteiger partial charge in [-0.25, -0.2) is 9.79 Å². The molecule has 9 heteroatoms. The van der Waals surface area contributed by atoms with Crippen LogP contribution in [0.1, 0.15) is 44.9 Å². The summed E-state index contributed by atoms with van der Waals surface area (Å²) >= 11 is 1.27. The van der Waals surface area contributed by atoms with Gasteiger partial charge in [0.1, 0.15) is 0 Å². The SMILES string of the molecule is CCOC(=O)C1=C(C)N=c2s/c(=C\c3cccnc3)c(=O)n2C1c1ccc(OC(C)C)c(OC)c1. The maximum atomic E-state index is 13.6. The van der Waals surface area contributed by atoms with Crippen LogP contribution >= 0.6 is 11.3 Å². The molecule has 1 atom stereocenters. The molecule has 0 bridgehead atoms. The van der Waals surface area contributed by atoms with Gasteiger partial charge in [-0.15, -0.1) is 0 Å². The predicted molar refractivity (Wildman–Crippen MR) is 133 cm³/mol. The molecule has 0 saturated carbocycles. The minimum Gasteiger partial charge on any atom is -0.493 e. The highest BCUT2D eigenvalue weighted by molar-refractivity contribution is 7.07. The smallest absolute Gasteiger partial charge is 0.338 e. The molecule has 1 aliphatic heterocycles. The lowest BCUT2D eigenvalue weighted by atomic mass is 9.95. The van der Waals surface area contributed by atoms with Crippen LogP contribution in [0, 0.1) is 0 Å². The lowest BCUT2D eigenvalue weighted by Gasteiger charge is -2.25. The first kappa shape index (κ1) is 24.4. The van der Waals surface area contributed by atoms with Crippen molar-refractivity contribution in [3.05, 3.63) is 84.8 Å². The van der Waals surface area contributed by atoms with E-state index in [9.17, 15) is 9.59 Å². The Balaban J connectivity index is 1.94. The fraction of sp³-hybridized carbons (Fsp3) is 0.308. The van der Waals surface area contributed by atoms with Crippen LogP contribution in [0.4, 0.5) is 0 Å². The molecule has 4 rings (SSSR count). The number of carbonyl (C=O) groups is 1. The summed E-state index contributed by atoms with van der Waals surface area (Å²) in [5.74, 6) is 0.571. The standard InChI is InChI=1S/C26H27N3O5S/c1-6-33-25(31)22-16(4)28-26-29(24(30)21(35-26)12-17-8-7-11-27-14-17)23(22)18-9-10-19(34-15(2)3)20(13-18)32-5/h7-15,23H,6H2,1-5H3/b21-12-. The Labute approximate surface area is 206 Å². The molecule has 0 fully saturated rings. The van der Waals surface area contributed by atoms with Gasteiger partial charge in [-0.1, -0.05) is 23.5 Å². The number of carbonyl (C=O) groups excluding carboxylic acids is 1. The fourth-order valence-electron chi connectivity index (χ4n) is 3.93. The summed E-state index contributed by atoms with van der Waals surface area (Å²) in [6.07, 6.45) is 5.09. The molecule has 1 aromatic carbocycles. The Morgan fingerprint density at radius 1 is 1.26 bits per heavy atom. The molecule has 8 nitrogen and oxygen atoms in total. The van der Waals surface area contributed by atoms with Crippen molar-refractivity contribution in [2.75, 3.05) is 13.7 Å². The fourth-order valence-corrected chi connectivity index (χ4v) is 4.97. The normalized spacial score (nSPS) is 15.6. The van der Waals surface area contributed by atoms with Crippen LogP contribution in [0.2, 0.25) is 0 Å². The minimum absolute atomic E-state index is 0.0443. The maximum absolute atomic E-state index is 13.6. The van der Waals surface area contributed by atoms with E-state index < -0.39 is 12.0 Å². The van der Waals surface area contributed by atoms with E-state index in [-0.39, 0.29) is 18.3 Å². The second kappa shape index (κ2) is 10.3. The molecule has 0 N–H and O–H groups in total. The molecule has 0 amide bonds. The molecule has 1 aliphatic rings. The number of hydrogen-bond donors (Lipinski definition) is 0. The molecule has 35 heavy (non-hydrogen) atoms. The summed E-state index contributed by atoms with van der Waals surface area (Å²) in [5.41, 5.74) is 2.05. The topological polar surface area (TPSA) is 92.0 Å². The highest BCUT2D eigenvalue weighted by atomic mass is 32.1. The number of fused-ring (bicyclic) bond motifs is 1. The van der Waals surface area contributed by atoms with Crippen LogP contribution in [-0.2, 0) is 9.53 Å². The van der Waals surface area contributed by atoms with Gasteiger partial charge in [0, 0.05) is 12.4 Å².